The summed E-state index contributed by atoms with van der Waals surface area (Å²) in [6.45, 7) is 3.04. The van der Waals surface area contributed by atoms with Crippen LogP contribution in [0, 0.1) is 0 Å². The second-order valence-corrected chi connectivity index (χ2v) is 5.32. The van der Waals surface area contributed by atoms with Gasteiger partial charge in [0.1, 0.15) is 5.15 Å². The Bertz CT molecular complexity index is 334. The molecule has 1 aromatic heterocycles. The molecule has 1 aromatic rings. The Balaban J connectivity index is 1.87. The van der Waals surface area contributed by atoms with Gasteiger partial charge in [-0.2, -0.15) is 11.8 Å². The molecule has 1 aliphatic rings. The number of aromatic nitrogens is 1. The van der Waals surface area contributed by atoms with E-state index in [9.17, 15) is 0 Å². The van der Waals surface area contributed by atoms with E-state index in [1.807, 2.05) is 23.9 Å². The summed E-state index contributed by atoms with van der Waals surface area (Å²) in [7, 11) is 0. The molecule has 2 atom stereocenters. The van der Waals surface area contributed by atoms with E-state index in [1.54, 1.807) is 6.20 Å². The molecule has 82 valence electrons. The number of ether oxygens (including phenoxy) is 1. The third-order valence-electron chi connectivity index (χ3n) is 2.56. The van der Waals surface area contributed by atoms with Crippen LogP contribution in [0.25, 0.3) is 0 Å². The van der Waals surface area contributed by atoms with Crippen molar-refractivity contribution in [3.8, 4) is 0 Å². The van der Waals surface area contributed by atoms with Crippen molar-refractivity contribution < 1.29 is 4.74 Å². The summed E-state index contributed by atoms with van der Waals surface area (Å²) in [4.78, 5) is 3.97. The number of hydrogen-bond acceptors (Lipinski definition) is 3. The van der Waals surface area contributed by atoms with Crippen LogP contribution in [0.2, 0.25) is 5.15 Å². The second kappa shape index (κ2) is 5.19. The van der Waals surface area contributed by atoms with Crippen molar-refractivity contribution in [2.24, 2.45) is 0 Å². The number of pyridine rings is 1. The number of hydrogen-bond donors (Lipinski definition) is 0. The third-order valence-corrected chi connectivity index (χ3v) is 4.32. The first-order chi connectivity index (χ1) is 7.25. The molecule has 0 amide bonds. The lowest BCUT2D eigenvalue weighted by Gasteiger charge is -2.13. The summed E-state index contributed by atoms with van der Waals surface area (Å²) in [6.07, 6.45) is 3.30. The van der Waals surface area contributed by atoms with Crippen molar-refractivity contribution in [1.29, 1.82) is 0 Å². The largest absolute Gasteiger partial charge is 0.377 e. The van der Waals surface area contributed by atoms with Crippen LogP contribution in [0.1, 0.15) is 18.9 Å². The molecule has 15 heavy (non-hydrogen) atoms. The normalized spacial score (nSPS) is 25.7. The van der Waals surface area contributed by atoms with Crippen LogP contribution in [0.4, 0.5) is 0 Å². The molecule has 0 aliphatic carbocycles. The smallest absolute Gasteiger partial charge is 0.129 e. The van der Waals surface area contributed by atoms with E-state index >= 15 is 0 Å². The van der Waals surface area contributed by atoms with Gasteiger partial charge in [-0.15, -0.1) is 0 Å². The van der Waals surface area contributed by atoms with Crippen LogP contribution < -0.4 is 0 Å². The summed E-state index contributed by atoms with van der Waals surface area (Å²) < 4.78 is 5.52. The molecular formula is C11H14ClNOS. The highest BCUT2D eigenvalue weighted by atomic mass is 35.5. The lowest BCUT2D eigenvalue weighted by Crippen LogP contribution is -2.13. The van der Waals surface area contributed by atoms with Gasteiger partial charge in [-0.25, -0.2) is 4.98 Å². The molecular weight excluding hydrogens is 230 g/mol. The average molecular weight is 244 g/mol. The monoisotopic (exact) mass is 243 g/mol. The van der Waals surface area contributed by atoms with Crippen molar-refractivity contribution >= 4 is 23.4 Å². The number of nitrogens with zero attached hydrogens (tertiary/aromatic N) is 1. The molecule has 0 aromatic carbocycles. The first kappa shape index (κ1) is 11.2. The average Bonchev–Trinajstić information content (AvgIpc) is 2.61. The molecule has 2 rings (SSSR count). The molecule has 0 bridgehead atoms. The highest BCUT2D eigenvalue weighted by Crippen LogP contribution is 2.29. The molecule has 2 unspecified atom stereocenters. The van der Waals surface area contributed by atoms with Gasteiger partial charge in [0.2, 0.25) is 0 Å². The summed E-state index contributed by atoms with van der Waals surface area (Å²) in [6, 6.07) is 3.94. The summed E-state index contributed by atoms with van der Waals surface area (Å²) >= 11 is 7.77. The van der Waals surface area contributed by atoms with Crippen molar-refractivity contribution in [1.82, 2.24) is 4.98 Å². The SMILES string of the molecule is CC1OCCC1SCc1ccnc(Cl)c1. The van der Waals surface area contributed by atoms with Crippen molar-refractivity contribution in [2.45, 2.75) is 30.5 Å². The fourth-order valence-corrected chi connectivity index (χ4v) is 3.06. The first-order valence-electron chi connectivity index (χ1n) is 5.09. The Morgan fingerprint density at radius 3 is 3.20 bits per heavy atom. The van der Waals surface area contributed by atoms with E-state index in [4.69, 9.17) is 16.3 Å². The van der Waals surface area contributed by atoms with Crippen LogP contribution in [0.15, 0.2) is 18.3 Å². The van der Waals surface area contributed by atoms with E-state index in [0.717, 1.165) is 18.8 Å². The van der Waals surface area contributed by atoms with Gasteiger partial charge in [-0.05, 0) is 31.0 Å². The Labute approximate surface area is 99.4 Å². The van der Waals surface area contributed by atoms with Crippen LogP contribution in [0.5, 0.6) is 0 Å². The molecule has 2 heterocycles. The minimum Gasteiger partial charge on any atom is -0.377 e. The van der Waals surface area contributed by atoms with Gasteiger partial charge < -0.3 is 4.74 Å². The van der Waals surface area contributed by atoms with Crippen LogP contribution in [0.3, 0.4) is 0 Å². The predicted octanol–water partition coefficient (Wildman–Crippen LogP) is 3.15. The van der Waals surface area contributed by atoms with Gasteiger partial charge >= 0.3 is 0 Å². The van der Waals surface area contributed by atoms with Crippen LogP contribution >= 0.6 is 23.4 Å². The van der Waals surface area contributed by atoms with E-state index in [1.165, 1.54) is 5.56 Å². The second-order valence-electron chi connectivity index (χ2n) is 3.70. The first-order valence-corrected chi connectivity index (χ1v) is 6.52. The van der Waals surface area contributed by atoms with E-state index < -0.39 is 0 Å². The predicted molar refractivity (Wildman–Crippen MR) is 64.4 cm³/mol. The van der Waals surface area contributed by atoms with Gasteiger partial charge in [0, 0.05) is 23.8 Å². The Morgan fingerprint density at radius 2 is 2.53 bits per heavy atom. The van der Waals surface area contributed by atoms with Gasteiger partial charge in [-0.3, -0.25) is 0 Å². The molecule has 0 radical (unpaired) electrons. The molecule has 1 saturated heterocycles. The molecule has 1 fully saturated rings. The van der Waals surface area contributed by atoms with Gasteiger partial charge in [0.15, 0.2) is 0 Å². The van der Waals surface area contributed by atoms with Gasteiger partial charge in [0.25, 0.3) is 0 Å². The molecule has 0 saturated carbocycles. The van der Waals surface area contributed by atoms with Gasteiger partial charge in [-0.1, -0.05) is 11.6 Å². The molecule has 4 heteroatoms. The highest BCUT2D eigenvalue weighted by molar-refractivity contribution is 7.99. The highest BCUT2D eigenvalue weighted by Gasteiger charge is 2.24. The maximum atomic E-state index is 5.82. The fourth-order valence-electron chi connectivity index (χ4n) is 1.67. The van der Waals surface area contributed by atoms with E-state index in [-0.39, 0.29) is 0 Å². The summed E-state index contributed by atoms with van der Waals surface area (Å²) in [5.41, 5.74) is 1.24. The maximum absolute atomic E-state index is 5.82. The van der Waals surface area contributed by atoms with Crippen molar-refractivity contribution in [3.05, 3.63) is 29.0 Å². The quantitative estimate of drug-likeness (QED) is 0.762. The topological polar surface area (TPSA) is 22.1 Å². The fraction of sp³-hybridized carbons (Fsp3) is 0.545. The Morgan fingerprint density at radius 1 is 1.67 bits per heavy atom. The zero-order valence-electron chi connectivity index (χ0n) is 8.65. The van der Waals surface area contributed by atoms with Crippen molar-refractivity contribution in [2.75, 3.05) is 6.61 Å². The number of halogens is 1. The zero-order chi connectivity index (χ0) is 10.7. The molecule has 0 N–H and O–H groups in total. The van der Waals surface area contributed by atoms with Crippen molar-refractivity contribution in [3.63, 3.8) is 0 Å². The minimum atomic E-state index is 0.382. The Hall–Kier alpha value is -0.250. The summed E-state index contributed by atoms with van der Waals surface area (Å²) in [5, 5.41) is 1.20. The third kappa shape index (κ3) is 3.10. The lowest BCUT2D eigenvalue weighted by molar-refractivity contribution is 0.127. The minimum absolute atomic E-state index is 0.382. The summed E-state index contributed by atoms with van der Waals surface area (Å²) in [5.74, 6) is 0.987. The van der Waals surface area contributed by atoms with Crippen LogP contribution in [-0.4, -0.2) is 22.9 Å². The number of thioether (sulfide) groups is 1. The Kier molecular flexibility index (Phi) is 3.89. The molecule has 0 spiro atoms. The van der Waals surface area contributed by atoms with E-state index in [2.05, 4.69) is 11.9 Å². The molecule has 2 nitrogen and oxygen atoms in total. The molecule has 1 aliphatic heterocycles. The standard InChI is InChI=1S/C11H14ClNOS/c1-8-10(3-5-14-8)15-7-9-2-4-13-11(12)6-9/h2,4,6,8,10H,3,5,7H2,1H3. The van der Waals surface area contributed by atoms with E-state index in [0.29, 0.717) is 16.5 Å². The van der Waals surface area contributed by atoms with Crippen LogP contribution in [-0.2, 0) is 10.5 Å². The zero-order valence-corrected chi connectivity index (χ0v) is 10.2. The maximum Gasteiger partial charge on any atom is 0.129 e. The number of rotatable bonds is 3. The lowest BCUT2D eigenvalue weighted by atomic mass is 10.3. The van der Waals surface area contributed by atoms with Gasteiger partial charge in [0.05, 0.1) is 6.10 Å².